The Bertz CT molecular complexity index is 1200. The highest BCUT2D eigenvalue weighted by Gasteiger charge is 2.41. The summed E-state index contributed by atoms with van der Waals surface area (Å²) in [6.07, 6.45) is 2.99. The Morgan fingerprint density at radius 2 is 1.87 bits per heavy atom. The molecule has 164 valence electrons. The van der Waals surface area contributed by atoms with Crippen molar-refractivity contribution in [3.63, 3.8) is 0 Å². The molecule has 1 saturated heterocycles. The van der Waals surface area contributed by atoms with Gasteiger partial charge >= 0.3 is 0 Å². The Kier molecular flexibility index (Phi) is 6.62. The van der Waals surface area contributed by atoms with Gasteiger partial charge in [-0.05, 0) is 29.3 Å². The van der Waals surface area contributed by atoms with E-state index in [-0.39, 0.29) is 17.0 Å². The first kappa shape index (κ1) is 22.6. The molecule has 1 aromatic heterocycles. The monoisotopic (exact) mass is 498 g/mol. The third-order valence-corrected chi connectivity index (χ3v) is 8.09. The molecule has 0 aliphatic carbocycles. The minimum Gasteiger partial charge on any atom is -0.339 e. The third-order valence-electron chi connectivity index (χ3n) is 5.45. The highest BCUT2D eigenvalue weighted by Crippen LogP contribution is 2.35. The minimum atomic E-state index is -3.73. The fourth-order valence-electron chi connectivity index (χ4n) is 3.82. The molecule has 6 nitrogen and oxygen atoms in total. The van der Waals surface area contributed by atoms with Gasteiger partial charge < -0.3 is 9.88 Å². The average Bonchev–Trinajstić information content (AvgIpc) is 3.35. The number of nitrogens with zero attached hydrogens (tertiary/aromatic N) is 3. The van der Waals surface area contributed by atoms with Gasteiger partial charge in [0.1, 0.15) is 0 Å². The molecule has 0 radical (unpaired) electrons. The predicted molar refractivity (Wildman–Crippen MR) is 123 cm³/mol. The molecule has 1 aliphatic heterocycles. The molecule has 10 heteroatoms. The summed E-state index contributed by atoms with van der Waals surface area (Å²) in [5, 5.41) is 5.25. The molecule has 31 heavy (non-hydrogen) atoms. The lowest BCUT2D eigenvalue weighted by Crippen LogP contribution is -2.36. The fraction of sp³-hybridized carbons (Fsp3) is 0.286. The molecule has 1 fully saturated rings. The molecule has 0 bridgehead atoms. The molecule has 0 unspecified atom stereocenters. The van der Waals surface area contributed by atoms with Crippen molar-refractivity contribution >= 4 is 44.8 Å². The number of halogens is 3. The molecule has 3 aromatic rings. The summed E-state index contributed by atoms with van der Waals surface area (Å²) in [7, 11) is -1.99. The van der Waals surface area contributed by atoms with Crippen LogP contribution in [0, 0.1) is 0 Å². The Morgan fingerprint density at radius 3 is 2.55 bits per heavy atom. The van der Waals surface area contributed by atoms with Crippen molar-refractivity contribution in [3.8, 4) is 0 Å². The van der Waals surface area contributed by atoms with Crippen LogP contribution in [0.2, 0.25) is 15.1 Å². The number of hydrogen-bond donors (Lipinski definition) is 1. The van der Waals surface area contributed by atoms with Crippen LogP contribution in [0.1, 0.15) is 17.0 Å². The van der Waals surface area contributed by atoms with Crippen LogP contribution in [0.3, 0.4) is 0 Å². The topological polar surface area (TPSA) is 67.2 Å². The molecule has 4 rings (SSSR count). The molecular formula is C21H21Cl3N4O2S. The molecular weight excluding hydrogens is 479 g/mol. The summed E-state index contributed by atoms with van der Waals surface area (Å²) in [6, 6.07) is 12.7. The fourth-order valence-corrected chi connectivity index (χ4v) is 6.03. The van der Waals surface area contributed by atoms with Gasteiger partial charge in [0, 0.05) is 59.9 Å². The summed E-state index contributed by atoms with van der Waals surface area (Å²) in [5.41, 5.74) is 1.79. The van der Waals surface area contributed by atoms with E-state index in [1.165, 1.54) is 16.8 Å². The number of benzene rings is 2. The van der Waals surface area contributed by atoms with Crippen molar-refractivity contribution in [2.24, 2.45) is 7.05 Å². The van der Waals surface area contributed by atoms with Crippen molar-refractivity contribution in [1.82, 2.24) is 19.2 Å². The summed E-state index contributed by atoms with van der Waals surface area (Å²) < 4.78 is 29.4. The highest BCUT2D eigenvalue weighted by atomic mass is 35.5. The molecule has 1 aliphatic rings. The van der Waals surface area contributed by atoms with Gasteiger partial charge in [0.05, 0.1) is 6.33 Å². The van der Waals surface area contributed by atoms with Gasteiger partial charge in [-0.3, -0.25) is 0 Å². The highest BCUT2D eigenvalue weighted by molar-refractivity contribution is 7.89. The molecule has 2 atom stereocenters. The normalized spacial score (nSPS) is 19.7. The van der Waals surface area contributed by atoms with Gasteiger partial charge in [0.15, 0.2) is 5.03 Å². The molecule has 0 saturated carbocycles. The van der Waals surface area contributed by atoms with Crippen molar-refractivity contribution in [2.45, 2.75) is 23.5 Å². The van der Waals surface area contributed by atoms with Crippen molar-refractivity contribution in [1.29, 1.82) is 0 Å². The van der Waals surface area contributed by atoms with E-state index < -0.39 is 10.0 Å². The lowest BCUT2D eigenvalue weighted by atomic mass is 9.94. The van der Waals surface area contributed by atoms with Gasteiger partial charge in [-0.1, -0.05) is 59.1 Å². The standard InChI is InChI=1S/C21H21Cl3N4O2S/c1-27-12-21(26-13-27)31(29,30)28-10-17(16-4-2-3-5-18(16)23)20(11-28)25-9-14-6-7-15(22)8-19(14)24/h2-8,12-13,17,20,25H,9-11H2,1H3/t17-,20+/m1/s1. The quantitative estimate of drug-likeness (QED) is 0.548. The van der Waals surface area contributed by atoms with Crippen LogP contribution in [0.25, 0.3) is 0 Å². The zero-order valence-electron chi connectivity index (χ0n) is 16.7. The Balaban J connectivity index is 1.61. The van der Waals surface area contributed by atoms with E-state index in [2.05, 4.69) is 10.3 Å². The van der Waals surface area contributed by atoms with E-state index in [0.717, 1.165) is 11.1 Å². The lowest BCUT2D eigenvalue weighted by molar-refractivity contribution is 0.454. The van der Waals surface area contributed by atoms with Gasteiger partial charge in [-0.25, -0.2) is 13.4 Å². The second-order valence-corrected chi connectivity index (χ2v) is 10.7. The summed E-state index contributed by atoms with van der Waals surface area (Å²) in [4.78, 5) is 4.04. The van der Waals surface area contributed by atoms with Crippen LogP contribution in [0.5, 0.6) is 0 Å². The number of sulfonamides is 1. The average molecular weight is 500 g/mol. The molecule has 0 amide bonds. The molecule has 2 aromatic carbocycles. The van der Waals surface area contributed by atoms with E-state index in [0.29, 0.717) is 34.7 Å². The number of aromatic nitrogens is 2. The van der Waals surface area contributed by atoms with Crippen molar-refractivity contribution < 1.29 is 8.42 Å². The SMILES string of the molecule is Cn1cnc(S(=O)(=O)N2C[C@H](NCc3ccc(Cl)cc3Cl)[C@@H](c3ccccc3Cl)C2)c1. The van der Waals surface area contributed by atoms with Gasteiger partial charge in [-0.15, -0.1) is 0 Å². The smallest absolute Gasteiger partial charge is 0.262 e. The van der Waals surface area contributed by atoms with Crippen LogP contribution in [0.4, 0.5) is 0 Å². The number of nitrogens with one attached hydrogen (secondary N) is 1. The van der Waals surface area contributed by atoms with Crippen LogP contribution < -0.4 is 5.32 Å². The van der Waals surface area contributed by atoms with Gasteiger partial charge in [0.2, 0.25) is 0 Å². The number of hydrogen-bond acceptors (Lipinski definition) is 4. The first-order chi connectivity index (χ1) is 14.8. The zero-order valence-corrected chi connectivity index (χ0v) is 19.8. The van der Waals surface area contributed by atoms with E-state index in [1.807, 2.05) is 30.3 Å². The van der Waals surface area contributed by atoms with E-state index >= 15 is 0 Å². The maximum atomic E-state index is 13.2. The molecule has 0 spiro atoms. The van der Waals surface area contributed by atoms with Crippen LogP contribution >= 0.6 is 34.8 Å². The van der Waals surface area contributed by atoms with E-state index in [1.54, 1.807) is 23.7 Å². The van der Waals surface area contributed by atoms with Crippen LogP contribution in [-0.2, 0) is 23.6 Å². The van der Waals surface area contributed by atoms with E-state index in [9.17, 15) is 8.42 Å². The predicted octanol–water partition coefficient (Wildman–Crippen LogP) is 4.33. The number of rotatable bonds is 6. The summed E-state index contributed by atoms with van der Waals surface area (Å²) in [6.45, 7) is 1.06. The minimum absolute atomic E-state index is 0.0364. The van der Waals surface area contributed by atoms with Crippen molar-refractivity contribution in [3.05, 3.63) is 81.2 Å². The first-order valence-electron chi connectivity index (χ1n) is 9.65. The van der Waals surface area contributed by atoms with Crippen LogP contribution in [-0.4, -0.2) is 41.4 Å². The Labute approximate surface area is 196 Å². The molecule has 2 heterocycles. The largest absolute Gasteiger partial charge is 0.339 e. The maximum Gasteiger partial charge on any atom is 0.262 e. The van der Waals surface area contributed by atoms with Crippen molar-refractivity contribution in [2.75, 3.05) is 13.1 Å². The Hall–Kier alpha value is -1.61. The summed E-state index contributed by atoms with van der Waals surface area (Å²) >= 11 is 18.8. The first-order valence-corrected chi connectivity index (χ1v) is 12.2. The molecule has 1 N–H and O–H groups in total. The van der Waals surface area contributed by atoms with Crippen LogP contribution in [0.15, 0.2) is 60.0 Å². The summed E-state index contributed by atoms with van der Waals surface area (Å²) in [5.74, 6) is -0.127. The maximum absolute atomic E-state index is 13.2. The van der Waals surface area contributed by atoms with Gasteiger partial charge in [-0.2, -0.15) is 4.31 Å². The second-order valence-electron chi connectivity index (χ2n) is 7.55. The van der Waals surface area contributed by atoms with E-state index in [4.69, 9.17) is 34.8 Å². The second kappa shape index (κ2) is 9.10. The zero-order chi connectivity index (χ0) is 22.2. The van der Waals surface area contributed by atoms with Gasteiger partial charge in [0.25, 0.3) is 10.0 Å². The Morgan fingerprint density at radius 1 is 1.10 bits per heavy atom. The lowest BCUT2D eigenvalue weighted by Gasteiger charge is -2.21. The number of imidazole rings is 1. The third kappa shape index (κ3) is 4.77. The number of aryl methyl sites for hydroxylation is 1.